The highest BCUT2D eigenvalue weighted by Gasteiger charge is 2.90. The third-order valence-corrected chi connectivity index (χ3v) is 4.82. The summed E-state index contributed by atoms with van der Waals surface area (Å²) in [4.78, 5) is 11.0. The Labute approximate surface area is 168 Å². The normalized spacial score (nSPS) is 15.5. The Hall–Kier alpha value is -1.55. The molecule has 1 atom stereocenters. The minimum atomic E-state index is -7.97. The van der Waals surface area contributed by atoms with Crippen molar-refractivity contribution in [3.8, 4) is 0 Å². The summed E-state index contributed by atoms with van der Waals surface area (Å²) in [5.74, 6) is -40.8. The highest BCUT2D eigenvalue weighted by Crippen LogP contribution is 2.60. The fourth-order valence-electron chi connectivity index (χ4n) is 1.65. The molecule has 0 aliphatic carbocycles. The predicted octanol–water partition coefficient (Wildman–Crippen LogP) is 4.98. The molecule has 0 radical (unpaired) electrons. The highest BCUT2D eigenvalue weighted by atomic mass is 32.2. The summed E-state index contributed by atoms with van der Waals surface area (Å²) in [5.41, 5.74) is -0.143. The van der Waals surface area contributed by atoms with Crippen LogP contribution in [-0.2, 0) is 20.3 Å². The molecule has 3 nitrogen and oxygen atoms in total. The van der Waals surface area contributed by atoms with Crippen molar-refractivity contribution < 1.29 is 70.8 Å². The van der Waals surface area contributed by atoms with Gasteiger partial charge in [-0.3, -0.25) is 4.21 Å². The van der Waals surface area contributed by atoms with Gasteiger partial charge in [-0.1, -0.05) is 6.58 Å². The van der Waals surface area contributed by atoms with Crippen LogP contribution in [0, 0.1) is 0 Å². The maximum Gasteiger partial charge on any atom is 0.460 e. The Kier molecular flexibility index (Phi) is 8.68. The summed E-state index contributed by atoms with van der Waals surface area (Å²) in [6.07, 6.45) is -10.0. The van der Waals surface area contributed by atoms with E-state index in [9.17, 15) is 66.1 Å². The molecule has 0 aromatic heterocycles. The molecule has 0 aromatic rings. The molecule has 0 amide bonds. The molecule has 1 unspecified atom stereocenters. The topological polar surface area (TPSA) is 43.4 Å². The van der Waals surface area contributed by atoms with E-state index >= 15 is 0 Å². The van der Waals surface area contributed by atoms with Crippen LogP contribution in [0.4, 0.5) is 57.1 Å². The summed E-state index contributed by atoms with van der Waals surface area (Å²) in [7, 11) is -2.59. The van der Waals surface area contributed by atoms with Crippen LogP contribution in [0.5, 0.6) is 0 Å². The number of carbonyl (C=O) groups excluding carboxylic acids is 1. The molecular weight excluding hydrogens is 495 g/mol. The maximum atomic E-state index is 13.5. The van der Waals surface area contributed by atoms with Crippen LogP contribution in [0.3, 0.4) is 0 Å². The molecule has 0 spiro atoms. The number of carbonyl (C=O) groups is 1. The van der Waals surface area contributed by atoms with Crippen LogP contribution >= 0.6 is 0 Å². The summed E-state index contributed by atoms with van der Waals surface area (Å²) in [5, 5.41) is 0. The van der Waals surface area contributed by atoms with E-state index in [0.717, 1.165) is 0 Å². The molecule has 0 fully saturated rings. The molecule has 0 saturated carbocycles. The lowest BCUT2D eigenvalue weighted by atomic mass is 9.93. The third-order valence-electron chi connectivity index (χ3n) is 3.53. The van der Waals surface area contributed by atoms with Crippen LogP contribution in [0.15, 0.2) is 12.2 Å². The van der Waals surface area contributed by atoms with Gasteiger partial charge in [-0.05, 0) is 6.92 Å². The highest BCUT2D eigenvalue weighted by molar-refractivity contribution is 7.84. The summed E-state index contributed by atoms with van der Waals surface area (Å²) < 4.78 is 184. The predicted molar refractivity (Wildman–Crippen MR) is 79.1 cm³/mol. The largest absolute Gasteiger partial charge is 0.461 e. The van der Waals surface area contributed by atoms with Crippen molar-refractivity contribution in [2.24, 2.45) is 0 Å². The second-order valence-corrected chi connectivity index (χ2v) is 7.71. The zero-order valence-electron chi connectivity index (χ0n) is 15.1. The van der Waals surface area contributed by atoms with Crippen molar-refractivity contribution in [3.05, 3.63) is 12.2 Å². The molecule has 0 aliphatic rings. The Morgan fingerprint density at radius 3 is 1.58 bits per heavy atom. The minimum Gasteiger partial charge on any atom is -0.461 e. The average Bonchev–Trinajstić information content (AvgIpc) is 2.58. The maximum absolute atomic E-state index is 13.5. The van der Waals surface area contributed by atoms with Crippen LogP contribution in [0.25, 0.3) is 0 Å². The van der Waals surface area contributed by atoms with E-state index in [1.54, 1.807) is 0 Å². The van der Waals surface area contributed by atoms with Gasteiger partial charge >= 0.3 is 41.8 Å². The van der Waals surface area contributed by atoms with Gasteiger partial charge in [0.1, 0.15) is 6.61 Å². The first-order chi connectivity index (χ1) is 13.5. The fraction of sp³-hybridized carbons (Fsp3) is 0.786. The van der Waals surface area contributed by atoms with Gasteiger partial charge < -0.3 is 4.74 Å². The Balaban J connectivity index is 5.48. The molecule has 0 N–H and O–H groups in total. The smallest absolute Gasteiger partial charge is 0.460 e. The van der Waals surface area contributed by atoms with E-state index in [-0.39, 0.29) is 5.57 Å². The summed E-state index contributed by atoms with van der Waals surface area (Å²) >= 11 is 0. The van der Waals surface area contributed by atoms with E-state index in [1.807, 2.05) is 0 Å². The van der Waals surface area contributed by atoms with E-state index in [4.69, 9.17) is 0 Å². The number of alkyl halides is 13. The van der Waals surface area contributed by atoms with E-state index in [1.165, 1.54) is 6.92 Å². The Morgan fingerprint density at radius 1 is 0.774 bits per heavy atom. The second kappa shape index (κ2) is 9.13. The van der Waals surface area contributed by atoms with E-state index in [2.05, 4.69) is 11.3 Å². The fourth-order valence-corrected chi connectivity index (χ4v) is 2.61. The van der Waals surface area contributed by atoms with Crippen molar-refractivity contribution in [1.29, 1.82) is 0 Å². The van der Waals surface area contributed by atoms with E-state index < -0.39 is 77.1 Å². The van der Waals surface area contributed by atoms with Gasteiger partial charge in [0.25, 0.3) is 0 Å². The molecule has 31 heavy (non-hydrogen) atoms. The molecule has 0 rings (SSSR count). The molecule has 0 aromatic carbocycles. The second-order valence-electron chi connectivity index (χ2n) is 6.01. The number of rotatable bonds is 11. The van der Waals surface area contributed by atoms with Crippen molar-refractivity contribution in [1.82, 2.24) is 0 Å². The molecule has 17 heteroatoms. The molecule has 0 saturated heterocycles. The molecule has 0 bridgehead atoms. The van der Waals surface area contributed by atoms with Gasteiger partial charge in [0.05, 0.1) is 5.75 Å². The standard InChI is InChI=1S/C14H13F13O3S/c1-7(2)8(28)30-4-6-31(29)5-3-9(15,16)10(17,18)11(19,20)12(21,22)13(23,24)14(25,26)27/h1,3-6H2,2H3. The number of esters is 1. The zero-order chi connectivity index (χ0) is 25.3. The van der Waals surface area contributed by atoms with Crippen molar-refractivity contribution in [3.63, 3.8) is 0 Å². The lowest BCUT2D eigenvalue weighted by Gasteiger charge is -2.39. The quantitative estimate of drug-likeness (QED) is 0.225. The molecular formula is C14H13F13O3S. The van der Waals surface area contributed by atoms with Gasteiger partial charge in [0.2, 0.25) is 0 Å². The zero-order valence-corrected chi connectivity index (χ0v) is 15.9. The Morgan fingerprint density at radius 2 is 1.19 bits per heavy atom. The number of hydrogen-bond acceptors (Lipinski definition) is 3. The van der Waals surface area contributed by atoms with Crippen LogP contribution in [-0.4, -0.2) is 64.1 Å². The minimum absolute atomic E-state index is 0.143. The van der Waals surface area contributed by atoms with Gasteiger partial charge in [0.15, 0.2) is 0 Å². The first-order valence-electron chi connectivity index (χ1n) is 7.60. The summed E-state index contributed by atoms with van der Waals surface area (Å²) in [6, 6.07) is 0. The Bertz CT molecular complexity index is 700. The lowest BCUT2D eigenvalue weighted by molar-refractivity contribution is -0.439. The molecule has 184 valence electrons. The van der Waals surface area contributed by atoms with Gasteiger partial charge in [-0.15, -0.1) is 0 Å². The van der Waals surface area contributed by atoms with Crippen molar-refractivity contribution in [2.75, 3.05) is 18.1 Å². The van der Waals surface area contributed by atoms with Crippen LogP contribution in [0.2, 0.25) is 0 Å². The van der Waals surface area contributed by atoms with E-state index in [0.29, 0.717) is 0 Å². The summed E-state index contributed by atoms with van der Waals surface area (Å²) in [6.45, 7) is 3.57. The van der Waals surface area contributed by atoms with Crippen LogP contribution < -0.4 is 0 Å². The number of ether oxygens (including phenoxy) is 1. The average molecular weight is 508 g/mol. The van der Waals surface area contributed by atoms with Gasteiger partial charge in [-0.25, -0.2) is 4.79 Å². The van der Waals surface area contributed by atoms with Crippen LogP contribution in [0.1, 0.15) is 13.3 Å². The van der Waals surface area contributed by atoms with Crippen molar-refractivity contribution in [2.45, 2.75) is 49.1 Å². The number of halogens is 13. The SMILES string of the molecule is C=C(C)C(=O)OCCS(=O)CCC(F)(F)C(F)(F)C(F)(F)C(F)(F)C(F)(F)C(F)(F)F. The van der Waals surface area contributed by atoms with Gasteiger partial charge in [0, 0.05) is 28.5 Å². The number of hydrogen-bond donors (Lipinski definition) is 0. The van der Waals surface area contributed by atoms with Crippen molar-refractivity contribution >= 4 is 16.8 Å². The molecule has 0 heterocycles. The monoisotopic (exact) mass is 508 g/mol. The first kappa shape index (κ1) is 29.5. The lowest BCUT2D eigenvalue weighted by Crippen LogP contribution is -2.70. The van der Waals surface area contributed by atoms with Gasteiger partial charge in [-0.2, -0.15) is 57.1 Å². The first-order valence-corrected chi connectivity index (χ1v) is 9.09. The third kappa shape index (κ3) is 5.63. The molecule has 0 aliphatic heterocycles.